The van der Waals surface area contributed by atoms with Gasteiger partial charge in [0.05, 0.1) is 0 Å². The summed E-state index contributed by atoms with van der Waals surface area (Å²) < 4.78 is 5.18. The number of hydrogen-bond donors (Lipinski definition) is 1. The first-order valence-electron chi connectivity index (χ1n) is 6.14. The predicted molar refractivity (Wildman–Crippen MR) is 73.7 cm³/mol. The molecule has 1 rings (SSSR count). The van der Waals surface area contributed by atoms with Gasteiger partial charge in [-0.2, -0.15) is 0 Å². The lowest BCUT2D eigenvalue weighted by atomic mass is 10.1. The predicted octanol–water partition coefficient (Wildman–Crippen LogP) is 3.35. The van der Waals surface area contributed by atoms with E-state index in [4.69, 9.17) is 9.84 Å². The molecule has 0 radical (unpaired) electrons. The van der Waals surface area contributed by atoms with Crippen LogP contribution in [0.3, 0.4) is 0 Å². The zero-order valence-corrected chi connectivity index (χ0v) is 11.3. The molecule has 0 aliphatic rings. The lowest BCUT2D eigenvalue weighted by molar-refractivity contribution is -0.143. The van der Waals surface area contributed by atoms with E-state index in [0.717, 1.165) is 12.0 Å². The van der Waals surface area contributed by atoms with E-state index < -0.39 is 5.97 Å². The third kappa shape index (κ3) is 7.76. The van der Waals surface area contributed by atoms with Crippen LogP contribution in [0.1, 0.15) is 38.4 Å². The van der Waals surface area contributed by atoms with Crippen molar-refractivity contribution in [2.75, 3.05) is 0 Å². The minimum atomic E-state index is -0.745. The van der Waals surface area contributed by atoms with Crippen molar-refractivity contribution in [2.45, 2.75) is 32.8 Å². The molecule has 1 aromatic rings. The van der Waals surface area contributed by atoms with E-state index in [2.05, 4.69) is 6.58 Å². The second-order valence-corrected chi connectivity index (χ2v) is 3.70. The molecule has 0 aliphatic heterocycles. The van der Waals surface area contributed by atoms with Crippen molar-refractivity contribution in [2.24, 2.45) is 0 Å². The van der Waals surface area contributed by atoms with Crippen LogP contribution in [-0.4, -0.2) is 17.0 Å². The molecule has 1 aromatic carbocycles. The van der Waals surface area contributed by atoms with E-state index in [1.165, 1.54) is 6.08 Å². The zero-order valence-electron chi connectivity index (χ0n) is 11.3. The maximum absolute atomic E-state index is 11.0. The Morgan fingerprint density at radius 2 is 1.84 bits per heavy atom. The standard InChI is InChI=1S/C12H14O2.C3H6O2/c1-3-11(14-12(13)4-2)10-8-6-5-7-9-10;1-2-3(4)5/h4-9,11H,2-3H2,1H3;2H2,1H3,(H,4,5). The number of aliphatic carboxylic acids is 1. The molecule has 1 atom stereocenters. The van der Waals surface area contributed by atoms with Crippen LogP contribution in [0.15, 0.2) is 43.0 Å². The quantitative estimate of drug-likeness (QED) is 0.654. The zero-order chi connectivity index (χ0) is 14.7. The molecule has 1 unspecified atom stereocenters. The molecule has 0 heterocycles. The first-order valence-corrected chi connectivity index (χ1v) is 6.14. The number of carbonyl (C=O) groups is 2. The number of ether oxygens (including phenoxy) is 1. The number of carbonyl (C=O) groups excluding carboxylic acids is 1. The molecule has 0 saturated heterocycles. The summed E-state index contributed by atoms with van der Waals surface area (Å²) in [5.41, 5.74) is 1.02. The van der Waals surface area contributed by atoms with Gasteiger partial charge in [-0.1, -0.05) is 50.8 Å². The number of carboxylic acids is 1. The molecule has 4 heteroatoms. The SMILES string of the molecule is C=CC(=O)OC(CC)c1ccccc1.CCC(=O)O. The maximum atomic E-state index is 11.0. The fourth-order valence-corrected chi connectivity index (χ4v) is 1.24. The number of esters is 1. The molecule has 0 fully saturated rings. The lowest BCUT2D eigenvalue weighted by Crippen LogP contribution is -2.08. The summed E-state index contributed by atoms with van der Waals surface area (Å²) in [7, 11) is 0. The van der Waals surface area contributed by atoms with E-state index in [1.807, 2.05) is 37.3 Å². The Hall–Kier alpha value is -2.10. The average molecular weight is 264 g/mol. The molecule has 4 nitrogen and oxygen atoms in total. The highest BCUT2D eigenvalue weighted by Crippen LogP contribution is 2.20. The summed E-state index contributed by atoms with van der Waals surface area (Å²) in [4.78, 5) is 20.4. The summed E-state index contributed by atoms with van der Waals surface area (Å²) >= 11 is 0. The molecular formula is C15H20O4. The van der Waals surface area contributed by atoms with Crippen molar-refractivity contribution in [3.8, 4) is 0 Å². The van der Waals surface area contributed by atoms with Crippen LogP contribution in [0.2, 0.25) is 0 Å². The van der Waals surface area contributed by atoms with E-state index in [-0.39, 0.29) is 18.5 Å². The average Bonchev–Trinajstić information content (AvgIpc) is 2.45. The van der Waals surface area contributed by atoms with Crippen molar-refractivity contribution < 1.29 is 19.4 Å². The number of benzene rings is 1. The number of carboxylic acid groups (broad SMARTS) is 1. The molecule has 0 amide bonds. The third-order valence-electron chi connectivity index (χ3n) is 2.27. The van der Waals surface area contributed by atoms with Crippen LogP contribution in [0, 0.1) is 0 Å². The van der Waals surface area contributed by atoms with Crippen LogP contribution in [0.25, 0.3) is 0 Å². The molecule has 0 aromatic heterocycles. The minimum Gasteiger partial charge on any atom is -0.481 e. The van der Waals surface area contributed by atoms with Gasteiger partial charge in [-0.25, -0.2) is 4.79 Å². The van der Waals surface area contributed by atoms with Crippen LogP contribution in [-0.2, 0) is 14.3 Å². The number of hydrogen-bond acceptors (Lipinski definition) is 3. The van der Waals surface area contributed by atoms with Gasteiger partial charge >= 0.3 is 11.9 Å². The van der Waals surface area contributed by atoms with Crippen LogP contribution >= 0.6 is 0 Å². The minimum absolute atomic E-state index is 0.165. The monoisotopic (exact) mass is 264 g/mol. The van der Waals surface area contributed by atoms with Crippen LogP contribution in [0.5, 0.6) is 0 Å². The van der Waals surface area contributed by atoms with Crippen molar-refractivity contribution >= 4 is 11.9 Å². The van der Waals surface area contributed by atoms with E-state index >= 15 is 0 Å². The van der Waals surface area contributed by atoms with Gasteiger partial charge in [0, 0.05) is 12.5 Å². The third-order valence-corrected chi connectivity index (χ3v) is 2.27. The van der Waals surface area contributed by atoms with E-state index in [9.17, 15) is 9.59 Å². The summed E-state index contributed by atoms with van der Waals surface area (Å²) in [6.45, 7) is 6.95. The van der Waals surface area contributed by atoms with Crippen LogP contribution < -0.4 is 0 Å². The molecule has 0 aliphatic carbocycles. The molecule has 0 bridgehead atoms. The highest BCUT2D eigenvalue weighted by molar-refractivity contribution is 5.81. The highest BCUT2D eigenvalue weighted by atomic mass is 16.5. The fourth-order valence-electron chi connectivity index (χ4n) is 1.24. The second kappa shape index (κ2) is 9.88. The van der Waals surface area contributed by atoms with E-state index in [1.54, 1.807) is 6.92 Å². The summed E-state index contributed by atoms with van der Waals surface area (Å²) in [5, 5.41) is 7.72. The normalized spacial score (nSPS) is 10.6. The van der Waals surface area contributed by atoms with Crippen molar-refractivity contribution in [1.82, 2.24) is 0 Å². The number of rotatable bonds is 5. The summed E-state index contributed by atoms with van der Waals surface area (Å²) in [6, 6.07) is 9.69. The molecule has 0 spiro atoms. The molecule has 104 valence electrons. The Kier molecular flexibility index (Phi) is 8.79. The van der Waals surface area contributed by atoms with Gasteiger partial charge in [-0.05, 0) is 12.0 Å². The lowest BCUT2D eigenvalue weighted by Gasteiger charge is -2.14. The van der Waals surface area contributed by atoms with Crippen LogP contribution in [0.4, 0.5) is 0 Å². The van der Waals surface area contributed by atoms with Gasteiger partial charge < -0.3 is 9.84 Å². The second-order valence-electron chi connectivity index (χ2n) is 3.70. The van der Waals surface area contributed by atoms with Gasteiger partial charge in [0.1, 0.15) is 6.10 Å². The smallest absolute Gasteiger partial charge is 0.330 e. The molecule has 0 saturated carbocycles. The van der Waals surface area contributed by atoms with Gasteiger partial charge in [0.25, 0.3) is 0 Å². The fraction of sp³-hybridized carbons (Fsp3) is 0.333. The Labute approximate surface area is 113 Å². The largest absolute Gasteiger partial charge is 0.481 e. The highest BCUT2D eigenvalue weighted by Gasteiger charge is 2.11. The Morgan fingerprint density at radius 1 is 1.32 bits per heavy atom. The Morgan fingerprint density at radius 3 is 2.21 bits per heavy atom. The van der Waals surface area contributed by atoms with Gasteiger partial charge in [-0.3, -0.25) is 4.79 Å². The molecule has 1 N–H and O–H groups in total. The summed E-state index contributed by atoms with van der Waals surface area (Å²) in [6.07, 6.45) is 2.01. The van der Waals surface area contributed by atoms with Crippen molar-refractivity contribution in [1.29, 1.82) is 0 Å². The topological polar surface area (TPSA) is 63.6 Å². The van der Waals surface area contributed by atoms with Crippen molar-refractivity contribution in [3.63, 3.8) is 0 Å². The maximum Gasteiger partial charge on any atom is 0.330 e. The summed E-state index contributed by atoms with van der Waals surface area (Å²) in [5.74, 6) is -1.12. The van der Waals surface area contributed by atoms with Gasteiger partial charge in [0.2, 0.25) is 0 Å². The van der Waals surface area contributed by atoms with E-state index in [0.29, 0.717) is 0 Å². The van der Waals surface area contributed by atoms with Gasteiger partial charge in [-0.15, -0.1) is 0 Å². The first-order chi connectivity index (χ1) is 9.04. The Bertz CT molecular complexity index is 398. The molecular weight excluding hydrogens is 244 g/mol. The molecule has 19 heavy (non-hydrogen) atoms. The van der Waals surface area contributed by atoms with Crippen molar-refractivity contribution in [3.05, 3.63) is 48.6 Å². The first kappa shape index (κ1) is 16.9. The Balaban J connectivity index is 0.000000555. The van der Waals surface area contributed by atoms with Gasteiger partial charge in [0.15, 0.2) is 0 Å².